The first-order valence-electron chi connectivity index (χ1n) is 6.63. The predicted octanol–water partition coefficient (Wildman–Crippen LogP) is 1.87. The van der Waals surface area contributed by atoms with E-state index in [0.29, 0.717) is 0 Å². The molecule has 5 heteroatoms. The van der Waals surface area contributed by atoms with Crippen LogP contribution in [0.4, 0.5) is 0 Å². The molecule has 0 radical (unpaired) electrons. The highest BCUT2D eigenvalue weighted by Gasteiger charge is 2.16. The number of benzene rings is 1. The van der Waals surface area contributed by atoms with E-state index in [-0.39, 0.29) is 6.04 Å². The minimum Gasteiger partial charge on any atom is -0.313 e. The zero-order chi connectivity index (χ0) is 13.9. The van der Waals surface area contributed by atoms with Gasteiger partial charge in [-0.2, -0.15) is 5.10 Å². The Morgan fingerprint density at radius 3 is 2.80 bits per heavy atom. The summed E-state index contributed by atoms with van der Waals surface area (Å²) in [6.45, 7) is 0. The molecule has 0 bridgehead atoms. The molecule has 1 unspecified atom stereocenters. The van der Waals surface area contributed by atoms with Crippen molar-refractivity contribution in [2.45, 2.75) is 12.5 Å². The number of fused-ring (bicyclic) bond motifs is 1. The fraction of sp³-hybridized carbons (Fsp3) is 0.267. The van der Waals surface area contributed by atoms with Crippen LogP contribution in [0.3, 0.4) is 0 Å². The normalized spacial score (nSPS) is 12.7. The van der Waals surface area contributed by atoms with E-state index in [4.69, 9.17) is 0 Å². The van der Waals surface area contributed by atoms with Gasteiger partial charge in [-0.15, -0.1) is 0 Å². The molecular weight excluding hydrogens is 250 g/mol. The van der Waals surface area contributed by atoms with Gasteiger partial charge in [0.05, 0.1) is 5.52 Å². The second kappa shape index (κ2) is 5.38. The average molecular weight is 267 g/mol. The number of likely N-dealkylation sites (N-methyl/N-ethyl adjacent to an activating group) is 1. The number of nitrogens with zero attached hydrogens (tertiary/aromatic N) is 4. The number of pyridine rings is 1. The van der Waals surface area contributed by atoms with Crippen LogP contribution in [0.2, 0.25) is 0 Å². The average Bonchev–Trinajstić information content (AvgIpc) is 2.89. The molecule has 0 saturated heterocycles. The molecule has 0 fully saturated rings. The molecule has 3 aromatic rings. The molecule has 0 saturated carbocycles. The second-order valence-corrected chi connectivity index (χ2v) is 4.77. The number of hydrogen-bond acceptors (Lipinski definition) is 4. The highest BCUT2D eigenvalue weighted by atomic mass is 15.3. The molecule has 0 aliphatic carbocycles. The van der Waals surface area contributed by atoms with Crippen LogP contribution < -0.4 is 5.32 Å². The van der Waals surface area contributed by atoms with Crippen LogP contribution in [0.25, 0.3) is 10.9 Å². The van der Waals surface area contributed by atoms with Gasteiger partial charge in [0.1, 0.15) is 12.2 Å². The lowest BCUT2D eigenvalue weighted by atomic mass is 10.00. The number of aryl methyl sites for hydroxylation is 1. The Hall–Kier alpha value is -2.27. The summed E-state index contributed by atoms with van der Waals surface area (Å²) in [5.74, 6) is 0.956. The van der Waals surface area contributed by atoms with Crippen molar-refractivity contribution in [3.05, 3.63) is 54.2 Å². The standard InChI is InChI=1S/C15H17N5/c1-16-13(9-14-18-10-19-20(14)2)12-7-3-5-11-6-4-8-17-15(11)12/h3-8,10,13,16H,9H2,1-2H3. The summed E-state index contributed by atoms with van der Waals surface area (Å²) >= 11 is 0. The van der Waals surface area contributed by atoms with Crippen LogP contribution in [0.5, 0.6) is 0 Å². The van der Waals surface area contributed by atoms with Crippen molar-refractivity contribution in [1.82, 2.24) is 25.1 Å². The van der Waals surface area contributed by atoms with Crippen molar-refractivity contribution in [3.8, 4) is 0 Å². The fourth-order valence-electron chi connectivity index (χ4n) is 2.46. The van der Waals surface area contributed by atoms with E-state index >= 15 is 0 Å². The molecule has 1 atom stereocenters. The minimum atomic E-state index is 0.163. The van der Waals surface area contributed by atoms with E-state index in [0.717, 1.165) is 23.1 Å². The lowest BCUT2D eigenvalue weighted by Gasteiger charge is -2.17. The van der Waals surface area contributed by atoms with E-state index in [1.807, 2.05) is 31.0 Å². The molecule has 102 valence electrons. The molecule has 20 heavy (non-hydrogen) atoms. The van der Waals surface area contributed by atoms with Gasteiger partial charge in [0.25, 0.3) is 0 Å². The van der Waals surface area contributed by atoms with Gasteiger partial charge in [-0.3, -0.25) is 9.67 Å². The van der Waals surface area contributed by atoms with Crippen molar-refractivity contribution in [2.75, 3.05) is 7.05 Å². The topological polar surface area (TPSA) is 55.6 Å². The summed E-state index contributed by atoms with van der Waals surface area (Å²) in [6, 6.07) is 10.5. The van der Waals surface area contributed by atoms with E-state index in [2.05, 4.69) is 44.6 Å². The van der Waals surface area contributed by atoms with Crippen molar-refractivity contribution >= 4 is 10.9 Å². The molecular formula is C15H17N5. The van der Waals surface area contributed by atoms with Crippen molar-refractivity contribution in [3.63, 3.8) is 0 Å². The zero-order valence-electron chi connectivity index (χ0n) is 11.6. The molecule has 5 nitrogen and oxygen atoms in total. The van der Waals surface area contributed by atoms with Gasteiger partial charge in [0.2, 0.25) is 0 Å². The van der Waals surface area contributed by atoms with Gasteiger partial charge in [0, 0.05) is 31.1 Å². The largest absolute Gasteiger partial charge is 0.313 e. The molecule has 0 aliphatic rings. The van der Waals surface area contributed by atoms with Gasteiger partial charge in [0.15, 0.2) is 0 Å². The summed E-state index contributed by atoms with van der Waals surface area (Å²) in [5, 5.41) is 8.63. The first kappa shape index (κ1) is 12.7. The Labute approximate surface area is 117 Å². The van der Waals surface area contributed by atoms with Crippen molar-refractivity contribution in [1.29, 1.82) is 0 Å². The second-order valence-electron chi connectivity index (χ2n) is 4.77. The third kappa shape index (κ3) is 2.28. The SMILES string of the molecule is CNC(Cc1ncnn1C)c1cccc2cccnc12. The maximum Gasteiger partial charge on any atom is 0.138 e. The van der Waals surface area contributed by atoms with E-state index in [1.165, 1.54) is 5.56 Å². The van der Waals surface area contributed by atoms with E-state index in [9.17, 15) is 0 Å². The number of hydrogen-bond donors (Lipinski definition) is 1. The quantitative estimate of drug-likeness (QED) is 0.784. The molecule has 2 aromatic heterocycles. The van der Waals surface area contributed by atoms with Gasteiger partial charge in [-0.05, 0) is 18.7 Å². The molecule has 1 aromatic carbocycles. The van der Waals surface area contributed by atoms with Crippen molar-refractivity contribution in [2.24, 2.45) is 7.05 Å². The summed E-state index contributed by atoms with van der Waals surface area (Å²) in [6.07, 6.45) is 4.20. The lowest BCUT2D eigenvalue weighted by Crippen LogP contribution is -2.21. The van der Waals surface area contributed by atoms with E-state index < -0.39 is 0 Å². The third-order valence-corrected chi connectivity index (χ3v) is 3.58. The zero-order valence-corrected chi connectivity index (χ0v) is 11.6. The predicted molar refractivity (Wildman–Crippen MR) is 78.3 cm³/mol. The summed E-state index contributed by atoms with van der Waals surface area (Å²) in [5.41, 5.74) is 2.23. The number of para-hydroxylation sites is 1. The molecule has 0 spiro atoms. The number of nitrogens with one attached hydrogen (secondary N) is 1. The minimum absolute atomic E-state index is 0.163. The lowest BCUT2D eigenvalue weighted by molar-refractivity contribution is 0.556. The van der Waals surface area contributed by atoms with Gasteiger partial charge in [-0.25, -0.2) is 4.98 Å². The molecule has 0 amide bonds. The monoisotopic (exact) mass is 267 g/mol. The van der Waals surface area contributed by atoms with Crippen LogP contribution in [-0.2, 0) is 13.5 Å². The van der Waals surface area contributed by atoms with Crippen LogP contribution in [0.1, 0.15) is 17.4 Å². The molecule has 2 heterocycles. The van der Waals surface area contributed by atoms with Crippen LogP contribution in [-0.4, -0.2) is 26.8 Å². The molecule has 0 aliphatic heterocycles. The highest BCUT2D eigenvalue weighted by Crippen LogP contribution is 2.24. The van der Waals surface area contributed by atoms with Crippen LogP contribution in [0, 0.1) is 0 Å². The first-order chi connectivity index (χ1) is 9.79. The summed E-state index contributed by atoms with van der Waals surface area (Å²) in [7, 11) is 3.87. The highest BCUT2D eigenvalue weighted by molar-refractivity contribution is 5.82. The van der Waals surface area contributed by atoms with Gasteiger partial charge in [-0.1, -0.05) is 24.3 Å². The Morgan fingerprint density at radius 1 is 1.20 bits per heavy atom. The maximum absolute atomic E-state index is 4.52. The van der Waals surface area contributed by atoms with Gasteiger partial charge < -0.3 is 5.32 Å². The van der Waals surface area contributed by atoms with Crippen molar-refractivity contribution < 1.29 is 0 Å². The molecule has 3 rings (SSSR count). The maximum atomic E-state index is 4.52. The number of aromatic nitrogens is 4. The Bertz CT molecular complexity index is 714. The first-order valence-corrected chi connectivity index (χ1v) is 6.63. The Balaban J connectivity index is 2.01. The van der Waals surface area contributed by atoms with Crippen LogP contribution in [0.15, 0.2) is 42.9 Å². The molecule has 1 N–H and O–H groups in total. The number of rotatable bonds is 4. The summed E-state index contributed by atoms with van der Waals surface area (Å²) in [4.78, 5) is 8.82. The Morgan fingerprint density at radius 2 is 2.05 bits per heavy atom. The van der Waals surface area contributed by atoms with Crippen LogP contribution >= 0.6 is 0 Å². The fourth-order valence-corrected chi connectivity index (χ4v) is 2.46. The Kier molecular flexibility index (Phi) is 3.43. The van der Waals surface area contributed by atoms with E-state index in [1.54, 1.807) is 6.33 Å². The summed E-state index contributed by atoms with van der Waals surface area (Å²) < 4.78 is 1.81. The third-order valence-electron chi connectivity index (χ3n) is 3.58. The van der Waals surface area contributed by atoms with Gasteiger partial charge >= 0.3 is 0 Å². The smallest absolute Gasteiger partial charge is 0.138 e.